The lowest BCUT2D eigenvalue weighted by Gasteiger charge is -2.21. The van der Waals surface area contributed by atoms with Crippen LogP contribution in [0.1, 0.15) is 32.8 Å². The second-order valence-electron chi connectivity index (χ2n) is 5.17. The van der Waals surface area contributed by atoms with Gasteiger partial charge in [-0.2, -0.15) is 0 Å². The predicted octanol–water partition coefficient (Wildman–Crippen LogP) is 2.79. The van der Waals surface area contributed by atoms with Gasteiger partial charge in [0.2, 0.25) is 0 Å². The molecule has 0 heterocycles. The number of methoxy groups -OCH3 is 1. The summed E-state index contributed by atoms with van der Waals surface area (Å²) >= 11 is 0. The van der Waals surface area contributed by atoms with Crippen LogP contribution in [0, 0.1) is 0 Å². The molecule has 0 atom stereocenters. The lowest BCUT2D eigenvalue weighted by molar-refractivity contribution is 0.292. The topological polar surface area (TPSA) is 41.5 Å². The van der Waals surface area contributed by atoms with Crippen LogP contribution in [0.4, 0.5) is 5.69 Å². The molecule has 0 unspecified atom stereocenters. The van der Waals surface area contributed by atoms with Crippen molar-refractivity contribution in [3.63, 3.8) is 0 Å². The maximum Gasteiger partial charge on any atom is 0.141 e. The molecule has 96 valence electrons. The average Bonchev–Trinajstić information content (AvgIpc) is 2.28. The predicted molar refractivity (Wildman–Crippen MR) is 71.9 cm³/mol. The van der Waals surface area contributed by atoms with Crippen LogP contribution in [0.3, 0.4) is 0 Å². The SMILES string of the molecule is COc1ccc(C(C)(C)C)cc1NCCCO. The smallest absolute Gasteiger partial charge is 0.141 e. The fraction of sp³-hybridized carbons (Fsp3) is 0.571. The maximum atomic E-state index is 8.78. The van der Waals surface area contributed by atoms with Gasteiger partial charge < -0.3 is 15.2 Å². The minimum Gasteiger partial charge on any atom is -0.495 e. The monoisotopic (exact) mass is 237 g/mol. The molecule has 2 N–H and O–H groups in total. The molecule has 0 fully saturated rings. The van der Waals surface area contributed by atoms with E-state index in [0.717, 1.165) is 24.4 Å². The van der Waals surface area contributed by atoms with Crippen LogP contribution in [0.5, 0.6) is 5.75 Å². The van der Waals surface area contributed by atoms with E-state index in [2.05, 4.69) is 38.2 Å². The lowest BCUT2D eigenvalue weighted by Crippen LogP contribution is -2.12. The number of ether oxygens (including phenoxy) is 1. The average molecular weight is 237 g/mol. The Morgan fingerprint density at radius 3 is 2.53 bits per heavy atom. The highest BCUT2D eigenvalue weighted by Crippen LogP contribution is 2.31. The van der Waals surface area contributed by atoms with Gasteiger partial charge in [-0.1, -0.05) is 26.8 Å². The zero-order valence-electron chi connectivity index (χ0n) is 11.2. The van der Waals surface area contributed by atoms with E-state index in [1.165, 1.54) is 5.56 Å². The minimum atomic E-state index is 0.125. The molecule has 0 aromatic heterocycles. The molecule has 0 saturated carbocycles. The highest BCUT2D eigenvalue weighted by molar-refractivity contribution is 5.59. The van der Waals surface area contributed by atoms with Gasteiger partial charge in [0, 0.05) is 13.2 Å². The van der Waals surface area contributed by atoms with Gasteiger partial charge in [-0.3, -0.25) is 0 Å². The van der Waals surface area contributed by atoms with Crippen molar-refractivity contribution < 1.29 is 9.84 Å². The van der Waals surface area contributed by atoms with Crippen LogP contribution in [0.25, 0.3) is 0 Å². The highest BCUT2D eigenvalue weighted by atomic mass is 16.5. The minimum absolute atomic E-state index is 0.125. The molecule has 1 rings (SSSR count). The number of rotatable bonds is 5. The Morgan fingerprint density at radius 2 is 2.00 bits per heavy atom. The molecule has 17 heavy (non-hydrogen) atoms. The Morgan fingerprint density at radius 1 is 1.29 bits per heavy atom. The summed E-state index contributed by atoms with van der Waals surface area (Å²) in [6.45, 7) is 7.51. The first-order valence-electron chi connectivity index (χ1n) is 6.02. The molecule has 0 aliphatic heterocycles. The van der Waals surface area contributed by atoms with Crippen molar-refractivity contribution in [3.8, 4) is 5.75 Å². The Balaban J connectivity index is 2.90. The van der Waals surface area contributed by atoms with E-state index in [9.17, 15) is 0 Å². The molecular formula is C14H23NO2. The van der Waals surface area contributed by atoms with Crippen molar-refractivity contribution in [2.24, 2.45) is 0 Å². The van der Waals surface area contributed by atoms with Crippen molar-refractivity contribution in [3.05, 3.63) is 23.8 Å². The summed E-state index contributed by atoms with van der Waals surface area (Å²) in [7, 11) is 1.67. The van der Waals surface area contributed by atoms with Crippen molar-refractivity contribution in [2.45, 2.75) is 32.6 Å². The van der Waals surface area contributed by atoms with Crippen LogP contribution in [-0.4, -0.2) is 25.4 Å². The first kappa shape index (κ1) is 13.8. The summed E-state index contributed by atoms with van der Waals surface area (Å²) in [6, 6.07) is 6.20. The van der Waals surface area contributed by atoms with Gasteiger partial charge in [0.1, 0.15) is 5.75 Å². The standard InChI is InChI=1S/C14H23NO2/c1-14(2,3)11-6-7-13(17-4)12(10-11)15-8-5-9-16/h6-7,10,15-16H,5,8-9H2,1-4H3. The second kappa shape index (κ2) is 5.92. The van der Waals surface area contributed by atoms with E-state index >= 15 is 0 Å². The van der Waals surface area contributed by atoms with Crippen molar-refractivity contribution in [1.82, 2.24) is 0 Å². The molecule has 0 radical (unpaired) electrons. The van der Waals surface area contributed by atoms with Gasteiger partial charge in [0.15, 0.2) is 0 Å². The maximum absolute atomic E-state index is 8.78. The Hall–Kier alpha value is -1.22. The summed E-state index contributed by atoms with van der Waals surface area (Å²) in [6.07, 6.45) is 0.739. The molecule has 0 spiro atoms. The van der Waals surface area contributed by atoms with Crippen LogP contribution >= 0.6 is 0 Å². The van der Waals surface area contributed by atoms with E-state index in [-0.39, 0.29) is 12.0 Å². The summed E-state index contributed by atoms with van der Waals surface area (Å²) < 4.78 is 5.32. The van der Waals surface area contributed by atoms with Gasteiger partial charge in [-0.25, -0.2) is 0 Å². The molecule has 0 amide bonds. The van der Waals surface area contributed by atoms with E-state index < -0.39 is 0 Å². The molecule has 1 aromatic carbocycles. The molecule has 1 aromatic rings. The highest BCUT2D eigenvalue weighted by Gasteiger charge is 2.15. The number of aliphatic hydroxyl groups excluding tert-OH is 1. The fourth-order valence-corrected chi connectivity index (χ4v) is 1.61. The third kappa shape index (κ3) is 3.93. The molecule has 0 aliphatic rings. The second-order valence-corrected chi connectivity index (χ2v) is 5.17. The Kier molecular flexibility index (Phi) is 4.82. The van der Waals surface area contributed by atoms with Crippen LogP contribution in [0.15, 0.2) is 18.2 Å². The van der Waals surface area contributed by atoms with Gasteiger partial charge in [-0.05, 0) is 29.5 Å². The fourth-order valence-electron chi connectivity index (χ4n) is 1.61. The first-order valence-corrected chi connectivity index (χ1v) is 6.02. The third-order valence-electron chi connectivity index (χ3n) is 2.72. The van der Waals surface area contributed by atoms with Crippen molar-refractivity contribution in [2.75, 3.05) is 25.6 Å². The molecule has 3 nitrogen and oxygen atoms in total. The number of anilines is 1. The zero-order valence-corrected chi connectivity index (χ0v) is 11.2. The third-order valence-corrected chi connectivity index (χ3v) is 2.72. The van der Waals surface area contributed by atoms with E-state index in [1.807, 2.05) is 6.07 Å². The van der Waals surface area contributed by atoms with Crippen LogP contribution in [0.2, 0.25) is 0 Å². The summed E-state index contributed by atoms with van der Waals surface area (Å²) in [5, 5.41) is 12.1. The largest absolute Gasteiger partial charge is 0.495 e. The number of aliphatic hydroxyl groups is 1. The molecule has 0 aliphatic carbocycles. The summed E-state index contributed by atoms with van der Waals surface area (Å²) in [5.74, 6) is 0.843. The lowest BCUT2D eigenvalue weighted by atomic mass is 9.87. The summed E-state index contributed by atoms with van der Waals surface area (Å²) in [4.78, 5) is 0. The van der Waals surface area contributed by atoms with E-state index in [4.69, 9.17) is 9.84 Å². The van der Waals surface area contributed by atoms with Crippen LogP contribution in [-0.2, 0) is 5.41 Å². The Bertz CT molecular complexity index is 356. The number of benzene rings is 1. The molecule has 3 heteroatoms. The van der Waals surface area contributed by atoms with Gasteiger partial charge >= 0.3 is 0 Å². The molecular weight excluding hydrogens is 214 g/mol. The van der Waals surface area contributed by atoms with Crippen LogP contribution < -0.4 is 10.1 Å². The Labute approximate surface area is 104 Å². The number of hydrogen-bond acceptors (Lipinski definition) is 3. The first-order chi connectivity index (χ1) is 7.99. The molecule has 0 bridgehead atoms. The zero-order chi connectivity index (χ0) is 12.9. The van der Waals surface area contributed by atoms with Gasteiger partial charge in [0.25, 0.3) is 0 Å². The normalized spacial score (nSPS) is 11.4. The van der Waals surface area contributed by atoms with Gasteiger partial charge in [-0.15, -0.1) is 0 Å². The van der Waals surface area contributed by atoms with Crippen molar-refractivity contribution in [1.29, 1.82) is 0 Å². The number of hydrogen-bond donors (Lipinski definition) is 2. The van der Waals surface area contributed by atoms with Crippen molar-refractivity contribution >= 4 is 5.69 Å². The number of nitrogens with one attached hydrogen (secondary N) is 1. The molecule has 0 saturated heterocycles. The summed E-state index contributed by atoms with van der Waals surface area (Å²) in [5.41, 5.74) is 2.39. The quantitative estimate of drug-likeness (QED) is 0.774. The van der Waals surface area contributed by atoms with E-state index in [0.29, 0.717) is 0 Å². The van der Waals surface area contributed by atoms with E-state index in [1.54, 1.807) is 7.11 Å². The van der Waals surface area contributed by atoms with Gasteiger partial charge in [0.05, 0.1) is 12.8 Å².